The maximum atomic E-state index is 5.69. The highest BCUT2D eigenvalue weighted by Gasteiger charge is 2.42. The maximum Gasteiger partial charge on any atom is 0.134 e. The molecule has 5 heteroatoms. The van der Waals surface area contributed by atoms with Crippen molar-refractivity contribution >= 4 is 83.0 Å². The van der Waals surface area contributed by atoms with Gasteiger partial charge in [-0.3, -0.25) is 5.32 Å². The topological polar surface area (TPSA) is 44.6 Å². The van der Waals surface area contributed by atoms with Crippen LogP contribution in [-0.4, -0.2) is 10.4 Å². The van der Waals surface area contributed by atoms with Crippen LogP contribution in [0.3, 0.4) is 0 Å². The highest BCUT2D eigenvalue weighted by Crippen LogP contribution is 2.56. The van der Waals surface area contributed by atoms with E-state index in [1.54, 1.807) is 0 Å². The van der Waals surface area contributed by atoms with Gasteiger partial charge in [-0.1, -0.05) is 170 Å². The summed E-state index contributed by atoms with van der Waals surface area (Å²) in [4.78, 5) is 8.28. The fourth-order valence-corrected chi connectivity index (χ4v) is 12.7. The number of aromatic nitrogens is 1. The number of hydrogen-bond acceptors (Lipinski definition) is 4. The fraction of sp³-hybridized carbons (Fsp3) is 0.123. The quantitative estimate of drug-likeness (QED) is 0.169. The lowest BCUT2D eigenvalue weighted by atomic mass is 9.75. The van der Waals surface area contributed by atoms with Crippen molar-refractivity contribution in [3.05, 3.63) is 251 Å². The molecule has 4 atom stereocenters. The summed E-state index contributed by atoms with van der Waals surface area (Å²) in [7, 11) is 0. The summed E-state index contributed by atoms with van der Waals surface area (Å²) in [5.74, 6) is 1.57. The molecule has 3 heterocycles. The van der Waals surface area contributed by atoms with E-state index in [-0.39, 0.29) is 18.2 Å². The normalized spacial score (nSPS) is 20.4. The zero-order valence-electron chi connectivity index (χ0n) is 38.7. The number of benzene rings is 9. The third-order valence-electron chi connectivity index (χ3n) is 15.9. The van der Waals surface area contributed by atoms with Crippen LogP contribution in [0.25, 0.3) is 65.8 Å². The van der Waals surface area contributed by atoms with Crippen LogP contribution < -0.4 is 15.5 Å². The van der Waals surface area contributed by atoms with E-state index in [0.29, 0.717) is 5.92 Å². The van der Waals surface area contributed by atoms with Crippen LogP contribution in [0.5, 0.6) is 0 Å². The number of hydrogen-bond donors (Lipinski definition) is 2. The van der Waals surface area contributed by atoms with E-state index >= 15 is 0 Å². The van der Waals surface area contributed by atoms with Crippen LogP contribution in [0, 0.1) is 5.92 Å². The summed E-state index contributed by atoms with van der Waals surface area (Å²) in [5, 5.41) is 19.3. The molecule has 0 amide bonds. The van der Waals surface area contributed by atoms with Crippen molar-refractivity contribution in [2.45, 2.75) is 43.9 Å². The zero-order chi connectivity index (χ0) is 45.9. The first-order valence-electron chi connectivity index (χ1n) is 25.0. The highest BCUT2D eigenvalue weighted by molar-refractivity contribution is 6.16. The Balaban J connectivity index is 0.909. The van der Waals surface area contributed by atoms with Gasteiger partial charge in [-0.25, -0.2) is 4.99 Å². The van der Waals surface area contributed by atoms with Crippen molar-refractivity contribution in [3.63, 3.8) is 0 Å². The molecule has 5 aliphatic rings. The Morgan fingerprint density at radius 2 is 1.30 bits per heavy atom. The molecule has 5 nitrogen and oxygen atoms in total. The number of nitrogens with zero attached hydrogens (tertiary/aromatic N) is 3. The van der Waals surface area contributed by atoms with Gasteiger partial charge in [0.15, 0.2) is 0 Å². The number of fused-ring (bicyclic) bond motifs is 12. The Morgan fingerprint density at radius 1 is 0.571 bits per heavy atom. The van der Waals surface area contributed by atoms with Gasteiger partial charge in [-0.05, 0) is 139 Å². The van der Waals surface area contributed by atoms with Gasteiger partial charge in [0.05, 0.1) is 11.2 Å². The Morgan fingerprint density at radius 3 is 2.17 bits per heavy atom. The van der Waals surface area contributed by atoms with Gasteiger partial charge in [-0.15, -0.1) is 0 Å². The molecule has 0 fully saturated rings. The molecule has 0 saturated heterocycles. The van der Waals surface area contributed by atoms with Crippen LogP contribution in [0.2, 0.25) is 0 Å². The summed E-state index contributed by atoms with van der Waals surface area (Å²) >= 11 is 0. The highest BCUT2D eigenvalue weighted by atomic mass is 15.3. The van der Waals surface area contributed by atoms with E-state index in [1.807, 2.05) is 0 Å². The molecule has 334 valence electrons. The van der Waals surface area contributed by atoms with Gasteiger partial charge in [-0.2, -0.15) is 0 Å². The summed E-state index contributed by atoms with van der Waals surface area (Å²) in [5.41, 5.74) is 15.3. The molecular weight excluding hydrogens is 851 g/mol. The predicted octanol–water partition coefficient (Wildman–Crippen LogP) is 15.6. The van der Waals surface area contributed by atoms with Crippen molar-refractivity contribution in [3.8, 4) is 0 Å². The molecule has 3 aliphatic carbocycles. The van der Waals surface area contributed by atoms with E-state index in [2.05, 4.69) is 232 Å². The number of allylic oxidation sites excluding steroid dienone is 7. The van der Waals surface area contributed by atoms with E-state index in [1.165, 1.54) is 99.0 Å². The second kappa shape index (κ2) is 15.6. The number of aliphatic imine (C=N–C) groups is 1. The molecule has 0 saturated carbocycles. The summed E-state index contributed by atoms with van der Waals surface area (Å²) in [6.07, 6.45) is 16.0. The van der Waals surface area contributed by atoms with E-state index in [0.717, 1.165) is 48.3 Å². The SMILES string of the molecule is C1=Cc2c(n(C3=CCC4CC5C(=CC4=C3)N(c3ccc4ccccc4c3C3=NC(c4ccccc4)NC(c4cc6ccccc6c6ccccc46)N3)c3ccccc35)c3cc4ccccc4cc23)CC1. The molecule has 2 N–H and O–H groups in total. The minimum atomic E-state index is -0.297. The molecule has 0 radical (unpaired) electrons. The third-order valence-corrected chi connectivity index (χ3v) is 15.9. The molecule has 70 heavy (non-hydrogen) atoms. The number of amidine groups is 1. The lowest BCUT2D eigenvalue weighted by Crippen LogP contribution is -2.45. The minimum absolute atomic E-state index is 0.242. The van der Waals surface area contributed by atoms with Crippen LogP contribution >= 0.6 is 0 Å². The van der Waals surface area contributed by atoms with Crippen LogP contribution in [0.15, 0.2) is 223 Å². The van der Waals surface area contributed by atoms with Crippen LogP contribution in [0.1, 0.15) is 71.0 Å². The number of nitrogens with one attached hydrogen (secondary N) is 2. The Labute approximate surface area is 407 Å². The Hall–Kier alpha value is -8.25. The molecule has 15 rings (SSSR count). The van der Waals surface area contributed by atoms with E-state index in [9.17, 15) is 0 Å². The fourth-order valence-electron chi connectivity index (χ4n) is 12.7. The van der Waals surface area contributed by atoms with Crippen molar-refractivity contribution in [2.75, 3.05) is 4.90 Å². The van der Waals surface area contributed by atoms with Gasteiger partial charge in [0.25, 0.3) is 0 Å². The molecule has 9 aromatic carbocycles. The molecule has 2 aliphatic heterocycles. The van der Waals surface area contributed by atoms with Crippen molar-refractivity contribution < 1.29 is 0 Å². The smallest absolute Gasteiger partial charge is 0.134 e. The number of para-hydroxylation sites is 1. The molecular formula is C65H49N5. The average molecular weight is 900 g/mol. The largest absolute Gasteiger partial charge is 0.350 e. The maximum absolute atomic E-state index is 5.69. The molecule has 1 aromatic heterocycles. The number of rotatable bonds is 5. The van der Waals surface area contributed by atoms with Crippen molar-refractivity contribution in [2.24, 2.45) is 10.9 Å². The second-order valence-corrected chi connectivity index (χ2v) is 19.8. The summed E-state index contributed by atoms with van der Waals surface area (Å²) in [6.45, 7) is 0. The molecule has 0 bridgehead atoms. The number of anilines is 2. The molecule has 0 spiro atoms. The lowest BCUT2D eigenvalue weighted by molar-refractivity contribution is 0.411. The van der Waals surface area contributed by atoms with Crippen molar-refractivity contribution in [1.29, 1.82) is 0 Å². The zero-order valence-corrected chi connectivity index (χ0v) is 38.7. The van der Waals surface area contributed by atoms with Crippen LogP contribution in [0.4, 0.5) is 11.4 Å². The average Bonchev–Trinajstić information content (AvgIpc) is 3.92. The first-order valence-corrected chi connectivity index (χ1v) is 25.0. The summed E-state index contributed by atoms with van der Waals surface area (Å²) in [6, 6.07) is 67.0. The van der Waals surface area contributed by atoms with E-state index in [4.69, 9.17) is 4.99 Å². The molecule has 4 unspecified atom stereocenters. The Kier molecular flexibility index (Phi) is 8.87. The van der Waals surface area contributed by atoms with Crippen molar-refractivity contribution in [1.82, 2.24) is 15.2 Å². The van der Waals surface area contributed by atoms with Gasteiger partial charge < -0.3 is 14.8 Å². The minimum Gasteiger partial charge on any atom is -0.350 e. The predicted molar refractivity (Wildman–Crippen MR) is 291 cm³/mol. The molecule has 10 aromatic rings. The summed E-state index contributed by atoms with van der Waals surface area (Å²) < 4.78 is 2.59. The van der Waals surface area contributed by atoms with Crippen LogP contribution in [-0.2, 0) is 6.42 Å². The monoisotopic (exact) mass is 899 g/mol. The van der Waals surface area contributed by atoms with Gasteiger partial charge in [0.1, 0.15) is 18.2 Å². The van der Waals surface area contributed by atoms with Gasteiger partial charge in [0.2, 0.25) is 0 Å². The van der Waals surface area contributed by atoms with E-state index < -0.39 is 0 Å². The second-order valence-electron chi connectivity index (χ2n) is 19.8. The Bertz CT molecular complexity index is 4000. The lowest BCUT2D eigenvalue weighted by Gasteiger charge is -2.36. The third kappa shape index (κ3) is 6.11. The van der Waals surface area contributed by atoms with Gasteiger partial charge in [0, 0.05) is 45.2 Å². The first kappa shape index (κ1) is 39.7. The standard InChI is InChI=1S/C65H49N5/c1-2-17-41(18-3-1)63-66-64(56-37-45-21-7-8-22-48(45)50-24-10-11-25-51(50)56)68-65(67-63)62-49-23-9-6-16-40(49)31-33-59(62)70-58-29-15-13-27-53(58)55-36-44-30-32-47(34-46(44)39-61(55)70)69-57-28-14-12-26-52(57)54-35-42-19-4-5-20-43(42)38-60(54)69/h1-13,15-27,29,31-35,37-39,44,55,63-64,66H,14,28,30,36H2,(H,67,68). The first-order chi connectivity index (χ1) is 34.7. The van der Waals surface area contributed by atoms with Gasteiger partial charge >= 0.3 is 0 Å².